The number of nitro benzene ring substituents is 1. The van der Waals surface area contributed by atoms with E-state index in [1.54, 1.807) is 19.1 Å². The van der Waals surface area contributed by atoms with Gasteiger partial charge in [-0.15, -0.1) is 13.2 Å². The van der Waals surface area contributed by atoms with Crippen molar-refractivity contribution in [1.82, 2.24) is 4.98 Å². The van der Waals surface area contributed by atoms with Gasteiger partial charge in [-0.2, -0.15) is 0 Å². The third-order valence-corrected chi connectivity index (χ3v) is 4.16. The van der Waals surface area contributed by atoms with Gasteiger partial charge >= 0.3 is 6.36 Å². The minimum absolute atomic E-state index is 0.0609. The van der Waals surface area contributed by atoms with Crippen LogP contribution in [0.5, 0.6) is 5.75 Å². The van der Waals surface area contributed by atoms with Gasteiger partial charge < -0.3 is 10.1 Å². The number of benzene rings is 2. The Kier molecular flexibility index (Phi) is 5.28. The third kappa shape index (κ3) is 4.42. The summed E-state index contributed by atoms with van der Waals surface area (Å²) in [5.74, 6) is -0.410. The van der Waals surface area contributed by atoms with Gasteiger partial charge in [-0.1, -0.05) is 29.8 Å². The average Bonchev–Trinajstić information content (AvgIpc) is 2.60. The molecule has 1 N–H and O–H groups in total. The highest BCUT2D eigenvalue weighted by Gasteiger charge is 2.32. The van der Waals surface area contributed by atoms with Crippen molar-refractivity contribution in [2.45, 2.75) is 19.3 Å². The van der Waals surface area contributed by atoms with Crippen LogP contribution in [0.3, 0.4) is 0 Å². The molecule has 2 aromatic carbocycles. The molecule has 0 fully saturated rings. The summed E-state index contributed by atoms with van der Waals surface area (Å²) in [6.07, 6.45) is -4.87. The molecule has 0 aliphatic heterocycles. The van der Waals surface area contributed by atoms with Crippen molar-refractivity contribution in [3.8, 4) is 5.75 Å². The van der Waals surface area contributed by atoms with Gasteiger partial charge in [0, 0.05) is 18.2 Å². The summed E-state index contributed by atoms with van der Waals surface area (Å²) >= 11 is 6.01. The molecule has 10 heteroatoms. The Morgan fingerprint density at radius 1 is 1.21 bits per heavy atom. The van der Waals surface area contributed by atoms with Gasteiger partial charge in [0.25, 0.3) is 5.69 Å². The zero-order valence-electron chi connectivity index (χ0n) is 14.3. The number of rotatable bonds is 5. The summed E-state index contributed by atoms with van der Waals surface area (Å²) in [5, 5.41) is 14.1. The molecule has 3 rings (SSSR count). The van der Waals surface area contributed by atoms with Crippen LogP contribution in [0.15, 0.2) is 48.5 Å². The lowest BCUT2D eigenvalue weighted by molar-refractivity contribution is -0.384. The lowest BCUT2D eigenvalue weighted by atomic mass is 10.1. The fourth-order valence-corrected chi connectivity index (χ4v) is 2.95. The SMILES string of the molecule is CC(Nc1cc(Cl)nc2cccc(OC(F)(F)F)c12)c1ccc([N+](=O)[O-])cc1. The molecule has 0 saturated heterocycles. The molecule has 1 heterocycles. The largest absolute Gasteiger partial charge is 0.573 e. The molecule has 0 aliphatic rings. The summed E-state index contributed by atoms with van der Waals surface area (Å²) in [7, 11) is 0. The molecule has 1 aromatic heterocycles. The van der Waals surface area contributed by atoms with Crippen LogP contribution in [0.25, 0.3) is 10.9 Å². The fraction of sp³-hybridized carbons (Fsp3) is 0.167. The quantitative estimate of drug-likeness (QED) is 0.323. The Bertz CT molecular complexity index is 1030. The molecule has 1 unspecified atom stereocenters. The Morgan fingerprint density at radius 3 is 2.50 bits per heavy atom. The zero-order valence-corrected chi connectivity index (χ0v) is 15.1. The molecule has 0 amide bonds. The van der Waals surface area contributed by atoms with Gasteiger partial charge in [0.05, 0.1) is 21.5 Å². The maximum absolute atomic E-state index is 12.8. The number of halogens is 4. The first kappa shape index (κ1) is 19.7. The van der Waals surface area contributed by atoms with E-state index in [1.165, 1.54) is 36.4 Å². The standard InChI is InChI=1S/C18H13ClF3N3O3/c1-10(11-5-7-12(8-6-11)25(26)27)23-14-9-16(19)24-13-3-2-4-15(17(13)14)28-18(20,21)22/h2-10H,1H3,(H,23,24). The van der Waals surface area contributed by atoms with Crippen molar-refractivity contribution in [3.63, 3.8) is 0 Å². The summed E-state index contributed by atoms with van der Waals surface area (Å²) in [6.45, 7) is 1.76. The minimum atomic E-state index is -4.87. The Balaban J connectivity index is 2.00. The molecule has 6 nitrogen and oxygen atoms in total. The first-order chi connectivity index (χ1) is 13.1. The topological polar surface area (TPSA) is 77.3 Å². The number of nitrogens with zero attached hydrogens (tertiary/aromatic N) is 2. The number of alkyl halides is 3. The molecule has 0 saturated carbocycles. The van der Waals surface area contributed by atoms with Gasteiger partial charge in [0.15, 0.2) is 0 Å². The van der Waals surface area contributed by atoms with Gasteiger partial charge in [0.1, 0.15) is 10.9 Å². The van der Waals surface area contributed by atoms with Gasteiger partial charge in [-0.25, -0.2) is 4.98 Å². The molecule has 28 heavy (non-hydrogen) atoms. The van der Waals surface area contributed by atoms with Crippen LogP contribution in [-0.4, -0.2) is 16.3 Å². The average molecular weight is 412 g/mol. The van der Waals surface area contributed by atoms with E-state index in [4.69, 9.17) is 11.6 Å². The molecular weight excluding hydrogens is 399 g/mol. The van der Waals surface area contributed by atoms with Crippen molar-refractivity contribution in [3.05, 3.63) is 69.4 Å². The van der Waals surface area contributed by atoms with Crippen LogP contribution in [0.2, 0.25) is 5.15 Å². The Morgan fingerprint density at radius 2 is 1.89 bits per heavy atom. The van der Waals surface area contributed by atoms with Gasteiger partial charge in [-0.05, 0) is 30.7 Å². The molecule has 0 bridgehead atoms. The number of anilines is 1. The van der Waals surface area contributed by atoms with Crippen LogP contribution >= 0.6 is 11.6 Å². The van der Waals surface area contributed by atoms with Crippen LogP contribution in [-0.2, 0) is 0 Å². The van der Waals surface area contributed by atoms with E-state index in [-0.39, 0.29) is 27.8 Å². The number of hydrogen-bond donors (Lipinski definition) is 1. The van der Waals surface area contributed by atoms with E-state index in [1.807, 2.05) is 0 Å². The highest BCUT2D eigenvalue weighted by atomic mass is 35.5. The van der Waals surface area contributed by atoms with Gasteiger partial charge in [0.2, 0.25) is 0 Å². The molecule has 0 aliphatic carbocycles. The summed E-state index contributed by atoms with van der Waals surface area (Å²) < 4.78 is 42.4. The first-order valence-corrected chi connectivity index (χ1v) is 8.38. The number of nitrogens with one attached hydrogen (secondary N) is 1. The second-order valence-electron chi connectivity index (χ2n) is 5.91. The van der Waals surface area contributed by atoms with Gasteiger partial charge in [-0.3, -0.25) is 10.1 Å². The second kappa shape index (κ2) is 7.51. The van der Waals surface area contributed by atoms with E-state index in [0.29, 0.717) is 11.3 Å². The van der Waals surface area contributed by atoms with Crippen molar-refractivity contribution in [2.75, 3.05) is 5.32 Å². The number of hydrogen-bond acceptors (Lipinski definition) is 5. The van der Waals surface area contributed by atoms with Crippen LogP contribution < -0.4 is 10.1 Å². The normalized spacial score (nSPS) is 12.6. The molecule has 1 atom stereocenters. The van der Waals surface area contributed by atoms with E-state index in [0.717, 1.165) is 0 Å². The van der Waals surface area contributed by atoms with Crippen LogP contribution in [0.4, 0.5) is 24.5 Å². The predicted octanol–water partition coefficient (Wildman–Crippen LogP) is 5.87. The number of pyridine rings is 1. The van der Waals surface area contributed by atoms with Crippen molar-refractivity contribution in [2.24, 2.45) is 0 Å². The molecule has 3 aromatic rings. The predicted molar refractivity (Wildman–Crippen MR) is 98.6 cm³/mol. The number of fused-ring (bicyclic) bond motifs is 1. The zero-order chi connectivity index (χ0) is 20.5. The van der Waals surface area contributed by atoms with Crippen LogP contribution in [0.1, 0.15) is 18.5 Å². The molecular formula is C18H13ClF3N3O3. The van der Waals surface area contributed by atoms with Crippen molar-refractivity contribution >= 4 is 33.9 Å². The fourth-order valence-electron chi connectivity index (χ4n) is 2.75. The highest BCUT2D eigenvalue weighted by molar-refractivity contribution is 6.30. The summed E-state index contributed by atoms with van der Waals surface area (Å²) in [6, 6.07) is 10.9. The lowest BCUT2D eigenvalue weighted by Crippen LogP contribution is -2.17. The number of aromatic nitrogens is 1. The second-order valence-corrected chi connectivity index (χ2v) is 6.29. The van der Waals surface area contributed by atoms with E-state index >= 15 is 0 Å². The Hall–Kier alpha value is -3.07. The number of ether oxygens (including phenoxy) is 1. The summed E-state index contributed by atoms with van der Waals surface area (Å²) in [4.78, 5) is 14.3. The number of non-ortho nitro benzene ring substituents is 1. The van der Waals surface area contributed by atoms with Crippen LogP contribution in [0, 0.1) is 10.1 Å². The van der Waals surface area contributed by atoms with Crippen molar-refractivity contribution < 1.29 is 22.8 Å². The smallest absolute Gasteiger partial charge is 0.405 e. The molecule has 0 radical (unpaired) electrons. The monoisotopic (exact) mass is 411 g/mol. The van der Waals surface area contributed by atoms with E-state index in [2.05, 4.69) is 15.0 Å². The maximum atomic E-state index is 12.8. The summed E-state index contributed by atoms with van der Waals surface area (Å²) in [5.41, 5.74) is 1.16. The number of nitro groups is 1. The Labute approximate surface area is 162 Å². The van der Waals surface area contributed by atoms with Crippen molar-refractivity contribution in [1.29, 1.82) is 0 Å². The molecule has 0 spiro atoms. The first-order valence-electron chi connectivity index (χ1n) is 8.00. The minimum Gasteiger partial charge on any atom is -0.405 e. The molecule has 146 valence electrons. The maximum Gasteiger partial charge on any atom is 0.573 e. The third-order valence-electron chi connectivity index (χ3n) is 3.97. The van der Waals surface area contributed by atoms with E-state index < -0.39 is 17.0 Å². The lowest BCUT2D eigenvalue weighted by Gasteiger charge is -2.19. The van der Waals surface area contributed by atoms with E-state index in [9.17, 15) is 23.3 Å². The highest BCUT2D eigenvalue weighted by Crippen LogP contribution is 2.37.